The minimum Gasteiger partial charge on any atom is -0.469 e. The average molecular weight is 115 g/mol. The van der Waals surface area contributed by atoms with E-state index in [1.54, 1.807) is 0 Å². The zero-order valence-electron chi connectivity index (χ0n) is 7.31. The minimum absolute atomic E-state index is 0.0467. The normalized spacial score (nSPS) is 14.6. The van der Waals surface area contributed by atoms with Gasteiger partial charge in [-0.15, -0.1) is 12.3 Å². The van der Waals surface area contributed by atoms with Gasteiger partial charge in [-0.2, -0.15) is 0 Å². The molecule has 0 fully saturated rings. The van der Waals surface area contributed by atoms with Crippen molar-refractivity contribution in [2.24, 2.45) is 0 Å². The Balaban J connectivity index is 3.64. The summed E-state index contributed by atoms with van der Waals surface area (Å²) in [6, 6.07) is 0. The highest BCUT2D eigenvalue weighted by atomic mass is 16.5. The molecule has 8 heavy (non-hydrogen) atoms. The molecule has 0 aliphatic carbocycles. The first-order valence-corrected chi connectivity index (χ1v) is 2.11. The molecular weight excluding hydrogens is 104 g/mol. The third-order valence-electron chi connectivity index (χ3n) is 0.587. The monoisotopic (exact) mass is 115 g/mol. The molecule has 0 heterocycles. The number of hydrogen-bond acceptors (Lipinski definition) is 2. The fraction of sp³-hybridized carbons (Fsp3) is 0.500. The zero-order chi connectivity index (χ0) is 8.91. The third kappa shape index (κ3) is 3.23. The van der Waals surface area contributed by atoms with Gasteiger partial charge in [0, 0.05) is 6.42 Å². The molecule has 0 spiro atoms. The molecule has 0 saturated heterocycles. The number of carbonyl (C=O) groups excluding carboxylic acids is 1. The Hall–Kier alpha value is -0.970. The highest BCUT2D eigenvalue weighted by Gasteiger charge is 1.94. The molecule has 2 heteroatoms. The predicted octanol–water partition coefficient (Wildman–Crippen LogP) is 0.573. The Labute approximate surface area is 53.1 Å². The summed E-state index contributed by atoms with van der Waals surface area (Å²) in [5.41, 5.74) is 0. The van der Waals surface area contributed by atoms with Crippen LogP contribution in [0.25, 0.3) is 0 Å². The molecule has 0 aliphatic heterocycles. The lowest BCUT2D eigenvalue weighted by atomic mass is 10.3. The molecule has 0 aliphatic rings. The summed E-state index contributed by atoms with van der Waals surface area (Å²) in [6.07, 6.45) is 5.00. The second-order valence-corrected chi connectivity index (χ2v) is 1.18. The number of terminal acetylenes is 1. The van der Waals surface area contributed by atoms with Crippen LogP contribution in [0, 0.1) is 12.3 Å². The Bertz CT molecular complexity index is 177. The van der Waals surface area contributed by atoms with E-state index in [2.05, 4.69) is 10.7 Å². The number of rotatable bonds is 2. The quantitative estimate of drug-likeness (QED) is 0.388. The lowest BCUT2D eigenvalue weighted by Gasteiger charge is -1.90. The molecule has 0 N–H and O–H groups in total. The lowest BCUT2D eigenvalue weighted by Crippen LogP contribution is -1.97. The number of carbonyl (C=O) groups is 1. The van der Waals surface area contributed by atoms with Crippen LogP contribution in [0.1, 0.15) is 17.0 Å². The maximum Gasteiger partial charge on any atom is 0.306 e. The minimum atomic E-state index is -2.65. The SMILES string of the molecule is [2H]C([2H])([2H])OC(=O)CCC#C. The summed E-state index contributed by atoms with van der Waals surface area (Å²) in [4.78, 5) is 10.5. The molecular formula is C6H8O2. The molecule has 44 valence electrons. The molecule has 0 atom stereocenters. The number of hydrogen-bond donors (Lipinski definition) is 0. The summed E-state index contributed by atoms with van der Waals surface area (Å²) in [5, 5.41) is 0. The van der Waals surface area contributed by atoms with Gasteiger partial charge in [-0.3, -0.25) is 4.79 Å². The predicted molar refractivity (Wildman–Crippen MR) is 30.1 cm³/mol. The summed E-state index contributed by atoms with van der Waals surface area (Å²) in [7, 11) is -2.65. The molecule has 0 aromatic rings. The van der Waals surface area contributed by atoms with Gasteiger partial charge in [0.1, 0.15) is 0 Å². The van der Waals surface area contributed by atoms with Crippen molar-refractivity contribution in [3.05, 3.63) is 0 Å². The van der Waals surface area contributed by atoms with E-state index < -0.39 is 13.0 Å². The highest BCUT2D eigenvalue weighted by Crippen LogP contribution is 1.87. The summed E-state index contributed by atoms with van der Waals surface area (Å²) < 4.78 is 23.6. The van der Waals surface area contributed by atoms with Gasteiger partial charge in [0.2, 0.25) is 0 Å². The van der Waals surface area contributed by atoms with Crippen molar-refractivity contribution in [1.29, 1.82) is 0 Å². The van der Waals surface area contributed by atoms with Crippen LogP contribution >= 0.6 is 0 Å². The summed E-state index contributed by atoms with van der Waals surface area (Å²) in [6.45, 7) is 0. The van der Waals surface area contributed by atoms with Crippen molar-refractivity contribution in [2.75, 3.05) is 7.04 Å². The van der Waals surface area contributed by atoms with E-state index in [4.69, 9.17) is 10.5 Å². The van der Waals surface area contributed by atoms with Gasteiger partial charge in [0.05, 0.1) is 17.6 Å². The molecule has 0 aromatic heterocycles. The van der Waals surface area contributed by atoms with Crippen molar-refractivity contribution < 1.29 is 13.6 Å². The maximum absolute atomic E-state index is 10.5. The van der Waals surface area contributed by atoms with E-state index in [0.29, 0.717) is 0 Å². The number of esters is 1. The van der Waals surface area contributed by atoms with Crippen LogP contribution in [0.15, 0.2) is 0 Å². The van der Waals surface area contributed by atoms with Gasteiger partial charge in [-0.25, -0.2) is 0 Å². The number of methoxy groups -OCH3 is 1. The molecule has 0 aromatic carbocycles. The largest absolute Gasteiger partial charge is 0.469 e. The van der Waals surface area contributed by atoms with Crippen LogP contribution in [0.2, 0.25) is 0 Å². The van der Waals surface area contributed by atoms with E-state index in [9.17, 15) is 4.79 Å². The average Bonchev–Trinajstić information content (AvgIpc) is 1.79. The van der Waals surface area contributed by atoms with Crippen LogP contribution in [0.4, 0.5) is 0 Å². The van der Waals surface area contributed by atoms with E-state index >= 15 is 0 Å². The van der Waals surface area contributed by atoms with Crippen molar-refractivity contribution in [3.8, 4) is 12.3 Å². The molecule has 0 bridgehead atoms. The van der Waals surface area contributed by atoms with Crippen LogP contribution in [-0.4, -0.2) is 13.0 Å². The molecule has 0 unspecified atom stereocenters. The van der Waals surface area contributed by atoms with Crippen LogP contribution in [0.5, 0.6) is 0 Å². The van der Waals surface area contributed by atoms with E-state index in [0.717, 1.165) is 0 Å². The van der Waals surface area contributed by atoms with Gasteiger partial charge < -0.3 is 4.74 Å². The van der Waals surface area contributed by atoms with Crippen molar-refractivity contribution >= 4 is 5.97 Å². The Morgan fingerprint density at radius 2 is 2.88 bits per heavy atom. The van der Waals surface area contributed by atoms with Gasteiger partial charge in [0.15, 0.2) is 0 Å². The molecule has 2 nitrogen and oxygen atoms in total. The van der Waals surface area contributed by atoms with E-state index in [1.165, 1.54) is 0 Å². The smallest absolute Gasteiger partial charge is 0.306 e. The van der Waals surface area contributed by atoms with Crippen molar-refractivity contribution in [3.63, 3.8) is 0 Å². The van der Waals surface area contributed by atoms with Crippen molar-refractivity contribution in [2.45, 2.75) is 12.8 Å². The highest BCUT2D eigenvalue weighted by molar-refractivity contribution is 5.69. The topological polar surface area (TPSA) is 26.3 Å². The van der Waals surface area contributed by atoms with E-state index in [-0.39, 0.29) is 12.8 Å². The first kappa shape index (κ1) is 3.13. The standard InChI is InChI=1S/C6H8O2/c1-3-4-5-6(7)8-2/h1H,4-5H2,2H3/i2D3. The van der Waals surface area contributed by atoms with Crippen molar-refractivity contribution in [1.82, 2.24) is 0 Å². The second kappa shape index (κ2) is 4.20. The van der Waals surface area contributed by atoms with E-state index in [1.807, 2.05) is 0 Å². The van der Waals surface area contributed by atoms with Gasteiger partial charge >= 0.3 is 5.97 Å². The molecule has 0 radical (unpaired) electrons. The Kier molecular flexibility index (Phi) is 1.64. The fourth-order valence-corrected chi connectivity index (χ4v) is 0.225. The van der Waals surface area contributed by atoms with Crippen LogP contribution in [-0.2, 0) is 9.53 Å². The summed E-state index contributed by atoms with van der Waals surface area (Å²) >= 11 is 0. The second-order valence-electron chi connectivity index (χ2n) is 1.18. The maximum atomic E-state index is 10.5. The molecule has 0 amide bonds. The van der Waals surface area contributed by atoms with Crippen LogP contribution < -0.4 is 0 Å². The summed E-state index contributed by atoms with van der Waals surface area (Å²) in [5.74, 6) is 1.41. The first-order valence-electron chi connectivity index (χ1n) is 3.61. The van der Waals surface area contributed by atoms with Gasteiger partial charge in [-0.1, -0.05) is 0 Å². The van der Waals surface area contributed by atoms with Gasteiger partial charge in [0.25, 0.3) is 0 Å². The molecule has 0 rings (SSSR count). The Morgan fingerprint density at radius 3 is 3.38 bits per heavy atom. The fourth-order valence-electron chi connectivity index (χ4n) is 0.225. The Morgan fingerprint density at radius 1 is 2.12 bits per heavy atom. The zero-order valence-corrected chi connectivity index (χ0v) is 4.31. The van der Waals surface area contributed by atoms with Gasteiger partial charge in [-0.05, 0) is 0 Å². The van der Waals surface area contributed by atoms with Crippen LogP contribution in [0.3, 0.4) is 0 Å². The third-order valence-corrected chi connectivity index (χ3v) is 0.587. The number of ether oxygens (including phenoxy) is 1. The first-order chi connectivity index (χ1) is 4.95. The lowest BCUT2D eigenvalue weighted by molar-refractivity contribution is -0.140. The molecule has 0 saturated carbocycles.